The second-order valence-electron chi connectivity index (χ2n) is 7.59. The molecule has 1 amide bonds. The fourth-order valence-corrected chi connectivity index (χ4v) is 3.55. The number of nitrogens with zero attached hydrogens (tertiary/aromatic N) is 3. The maximum atomic E-state index is 12.5. The van der Waals surface area contributed by atoms with Gasteiger partial charge in [-0.1, -0.05) is 42.5 Å². The predicted octanol–water partition coefficient (Wildman–Crippen LogP) is 2.61. The molecule has 0 spiro atoms. The molecule has 2 aromatic carbocycles. The van der Waals surface area contributed by atoms with Crippen LogP contribution in [0.3, 0.4) is 0 Å². The highest BCUT2D eigenvalue weighted by molar-refractivity contribution is 5.97. The third-order valence-electron chi connectivity index (χ3n) is 4.89. The van der Waals surface area contributed by atoms with E-state index in [0.717, 1.165) is 24.7 Å². The molecule has 1 atom stereocenters. The van der Waals surface area contributed by atoms with E-state index in [4.69, 9.17) is 4.99 Å². The van der Waals surface area contributed by atoms with Crippen LogP contribution < -0.4 is 15.5 Å². The second-order valence-corrected chi connectivity index (χ2v) is 7.59. The van der Waals surface area contributed by atoms with Crippen LogP contribution >= 0.6 is 0 Å². The first kappa shape index (κ1) is 20.9. The fourth-order valence-electron chi connectivity index (χ4n) is 3.55. The summed E-state index contributed by atoms with van der Waals surface area (Å²) >= 11 is 0. The Hall–Kier alpha value is -2.86. The number of anilines is 1. The van der Waals surface area contributed by atoms with Crippen LogP contribution in [0.5, 0.6) is 0 Å². The van der Waals surface area contributed by atoms with Crippen LogP contribution in [0.2, 0.25) is 0 Å². The van der Waals surface area contributed by atoms with Crippen LogP contribution in [0.1, 0.15) is 24.5 Å². The Balaban J connectivity index is 1.67. The molecule has 1 aliphatic rings. The molecule has 154 valence electrons. The summed E-state index contributed by atoms with van der Waals surface area (Å²) in [5.74, 6) is 0.890. The van der Waals surface area contributed by atoms with E-state index in [-0.39, 0.29) is 11.9 Å². The Kier molecular flexibility index (Phi) is 7.25. The molecule has 1 heterocycles. The van der Waals surface area contributed by atoms with Crippen LogP contribution in [0.25, 0.3) is 0 Å². The number of hydrogen-bond donors (Lipinski definition) is 2. The number of benzene rings is 2. The molecule has 2 N–H and O–H groups in total. The fraction of sp³-hybridized carbons (Fsp3) is 0.391. The Morgan fingerprint density at radius 1 is 1.10 bits per heavy atom. The minimum atomic E-state index is 0.0394. The SMILES string of the molecule is CCNC(=NCc1ccccc1CN(C)C)NC1CC(=O)N(c2ccccc2)C1. The van der Waals surface area contributed by atoms with E-state index >= 15 is 0 Å². The summed E-state index contributed by atoms with van der Waals surface area (Å²) in [5, 5.41) is 6.75. The van der Waals surface area contributed by atoms with Crippen molar-refractivity contribution in [3.63, 3.8) is 0 Å². The molecule has 0 bridgehead atoms. The van der Waals surface area contributed by atoms with Gasteiger partial charge in [0.05, 0.1) is 12.6 Å². The predicted molar refractivity (Wildman–Crippen MR) is 119 cm³/mol. The van der Waals surface area contributed by atoms with Gasteiger partial charge < -0.3 is 20.4 Å². The molecule has 0 radical (unpaired) electrons. The number of hydrogen-bond acceptors (Lipinski definition) is 3. The zero-order valence-corrected chi connectivity index (χ0v) is 17.6. The third kappa shape index (κ3) is 5.81. The van der Waals surface area contributed by atoms with Gasteiger partial charge in [-0.25, -0.2) is 4.99 Å². The van der Waals surface area contributed by atoms with E-state index < -0.39 is 0 Å². The first-order chi connectivity index (χ1) is 14.1. The van der Waals surface area contributed by atoms with Gasteiger partial charge in [0.2, 0.25) is 5.91 Å². The molecule has 1 fully saturated rings. The van der Waals surface area contributed by atoms with Crippen molar-refractivity contribution in [3.8, 4) is 0 Å². The van der Waals surface area contributed by atoms with Crippen molar-refractivity contribution in [2.24, 2.45) is 4.99 Å². The zero-order valence-electron chi connectivity index (χ0n) is 17.6. The van der Waals surface area contributed by atoms with Gasteiger partial charge in [0.25, 0.3) is 0 Å². The summed E-state index contributed by atoms with van der Waals surface area (Å²) in [6, 6.07) is 18.3. The smallest absolute Gasteiger partial charge is 0.229 e. The summed E-state index contributed by atoms with van der Waals surface area (Å²) in [6.45, 7) is 4.95. The monoisotopic (exact) mass is 393 g/mol. The van der Waals surface area contributed by atoms with Gasteiger partial charge in [-0.2, -0.15) is 0 Å². The molecule has 0 aromatic heterocycles. The number of aliphatic imine (C=N–C) groups is 1. The van der Waals surface area contributed by atoms with Gasteiger partial charge in [0, 0.05) is 31.7 Å². The van der Waals surface area contributed by atoms with Crippen molar-refractivity contribution in [1.29, 1.82) is 0 Å². The number of carbonyl (C=O) groups is 1. The molecule has 0 aliphatic carbocycles. The lowest BCUT2D eigenvalue weighted by molar-refractivity contribution is -0.117. The normalized spacial score (nSPS) is 17.1. The van der Waals surface area contributed by atoms with Gasteiger partial charge in [0.1, 0.15) is 0 Å². The lowest BCUT2D eigenvalue weighted by Gasteiger charge is -2.19. The average molecular weight is 394 g/mol. The summed E-state index contributed by atoms with van der Waals surface area (Å²) in [7, 11) is 4.14. The Morgan fingerprint density at radius 2 is 1.79 bits per heavy atom. The van der Waals surface area contributed by atoms with Crippen LogP contribution in [0.4, 0.5) is 5.69 Å². The molecule has 6 heteroatoms. The zero-order chi connectivity index (χ0) is 20.6. The quantitative estimate of drug-likeness (QED) is 0.561. The summed E-state index contributed by atoms with van der Waals surface area (Å²) in [5.41, 5.74) is 3.44. The maximum absolute atomic E-state index is 12.5. The molecular formula is C23H31N5O. The number of para-hydroxylation sites is 1. The van der Waals surface area contributed by atoms with E-state index in [1.807, 2.05) is 42.2 Å². The molecule has 1 aliphatic heterocycles. The Bertz CT molecular complexity index is 834. The van der Waals surface area contributed by atoms with Gasteiger partial charge in [-0.15, -0.1) is 0 Å². The average Bonchev–Trinajstić information content (AvgIpc) is 3.07. The minimum absolute atomic E-state index is 0.0394. The van der Waals surface area contributed by atoms with E-state index in [2.05, 4.69) is 53.9 Å². The molecule has 29 heavy (non-hydrogen) atoms. The first-order valence-corrected chi connectivity index (χ1v) is 10.2. The molecule has 0 saturated carbocycles. The van der Waals surface area contributed by atoms with Crippen LogP contribution in [0, 0.1) is 0 Å². The van der Waals surface area contributed by atoms with Crippen molar-refractivity contribution >= 4 is 17.6 Å². The number of carbonyl (C=O) groups excluding carboxylic acids is 1. The van der Waals surface area contributed by atoms with E-state index in [0.29, 0.717) is 19.5 Å². The largest absolute Gasteiger partial charge is 0.357 e. The van der Waals surface area contributed by atoms with Gasteiger partial charge >= 0.3 is 0 Å². The van der Waals surface area contributed by atoms with E-state index in [1.54, 1.807) is 0 Å². The van der Waals surface area contributed by atoms with Crippen molar-refractivity contribution in [2.75, 3.05) is 32.1 Å². The lowest BCUT2D eigenvalue weighted by Crippen LogP contribution is -2.44. The Morgan fingerprint density at radius 3 is 2.48 bits per heavy atom. The second kappa shape index (κ2) is 10.1. The number of amides is 1. The van der Waals surface area contributed by atoms with Crippen molar-refractivity contribution < 1.29 is 4.79 Å². The summed E-state index contributed by atoms with van der Waals surface area (Å²) < 4.78 is 0. The standard InChI is InChI=1S/C23H31N5O/c1-4-24-23(25-15-18-10-8-9-11-19(18)16-27(2)3)26-20-14-22(29)28(17-20)21-12-6-5-7-13-21/h5-13,20H,4,14-17H2,1-3H3,(H2,24,25,26). The van der Waals surface area contributed by atoms with Crippen molar-refractivity contribution in [1.82, 2.24) is 15.5 Å². The number of guanidine groups is 1. The van der Waals surface area contributed by atoms with Gasteiger partial charge in [-0.3, -0.25) is 4.79 Å². The highest BCUT2D eigenvalue weighted by Gasteiger charge is 2.31. The minimum Gasteiger partial charge on any atom is -0.357 e. The molecule has 1 saturated heterocycles. The van der Waals surface area contributed by atoms with Crippen LogP contribution in [-0.4, -0.2) is 50.0 Å². The number of rotatable bonds is 7. The lowest BCUT2D eigenvalue weighted by atomic mass is 10.1. The molecule has 6 nitrogen and oxygen atoms in total. The first-order valence-electron chi connectivity index (χ1n) is 10.2. The molecule has 3 rings (SSSR count). The molecule has 2 aromatic rings. The topological polar surface area (TPSA) is 60.0 Å². The van der Waals surface area contributed by atoms with Gasteiger partial charge in [0.15, 0.2) is 5.96 Å². The van der Waals surface area contributed by atoms with E-state index in [1.165, 1.54) is 11.1 Å². The summed E-state index contributed by atoms with van der Waals surface area (Å²) in [6.07, 6.45) is 0.469. The highest BCUT2D eigenvalue weighted by atomic mass is 16.2. The highest BCUT2D eigenvalue weighted by Crippen LogP contribution is 2.21. The maximum Gasteiger partial charge on any atom is 0.229 e. The van der Waals surface area contributed by atoms with Crippen LogP contribution in [-0.2, 0) is 17.9 Å². The van der Waals surface area contributed by atoms with Gasteiger partial charge in [-0.05, 0) is 44.3 Å². The molecule has 1 unspecified atom stereocenters. The third-order valence-corrected chi connectivity index (χ3v) is 4.89. The van der Waals surface area contributed by atoms with Crippen molar-refractivity contribution in [3.05, 3.63) is 65.7 Å². The van der Waals surface area contributed by atoms with Crippen LogP contribution in [0.15, 0.2) is 59.6 Å². The number of nitrogens with one attached hydrogen (secondary N) is 2. The summed E-state index contributed by atoms with van der Waals surface area (Å²) in [4.78, 5) is 21.3. The Labute approximate surface area is 173 Å². The van der Waals surface area contributed by atoms with E-state index in [9.17, 15) is 4.79 Å². The molecular weight excluding hydrogens is 362 g/mol. The van der Waals surface area contributed by atoms with Crippen molar-refractivity contribution in [2.45, 2.75) is 32.5 Å².